The third kappa shape index (κ3) is 3.68. The van der Waals surface area contributed by atoms with Gasteiger partial charge in [-0.3, -0.25) is 4.79 Å². The number of aliphatic carboxylic acids is 1. The van der Waals surface area contributed by atoms with Gasteiger partial charge in [0.25, 0.3) is 0 Å². The number of carbonyl (C=O) groups is 2. The fourth-order valence-corrected chi connectivity index (χ4v) is 3.08. The van der Waals surface area contributed by atoms with E-state index >= 15 is 0 Å². The smallest absolute Gasteiger partial charge is 0.391 e. The number of carboxylic acid groups (broad SMARTS) is 1. The van der Waals surface area contributed by atoms with Gasteiger partial charge in [-0.25, -0.2) is 4.79 Å². The quantitative estimate of drug-likeness (QED) is 0.869. The summed E-state index contributed by atoms with van der Waals surface area (Å²) in [6, 6.07) is -1.09. The first kappa shape index (κ1) is 16.1. The van der Waals surface area contributed by atoms with Gasteiger partial charge in [0.2, 0.25) is 5.91 Å². The fourth-order valence-electron chi connectivity index (χ4n) is 3.08. The molecule has 120 valence electrons. The van der Waals surface area contributed by atoms with Crippen molar-refractivity contribution in [1.82, 2.24) is 4.90 Å². The van der Waals surface area contributed by atoms with Gasteiger partial charge in [-0.05, 0) is 39.0 Å². The van der Waals surface area contributed by atoms with E-state index in [1.54, 1.807) is 0 Å². The highest BCUT2D eigenvalue weighted by Gasteiger charge is 2.46. The van der Waals surface area contributed by atoms with Gasteiger partial charge in [-0.2, -0.15) is 13.2 Å². The second-order valence-corrected chi connectivity index (χ2v) is 6.09. The molecule has 1 N–H and O–H groups in total. The maximum atomic E-state index is 12.8. The molecular weight excluding hydrogens is 287 g/mol. The van der Waals surface area contributed by atoms with Gasteiger partial charge in [0.05, 0.1) is 5.92 Å². The van der Waals surface area contributed by atoms with Crippen LogP contribution in [0.5, 0.6) is 0 Å². The van der Waals surface area contributed by atoms with Crippen molar-refractivity contribution in [2.75, 3.05) is 0 Å². The highest BCUT2D eigenvalue weighted by molar-refractivity contribution is 5.85. The van der Waals surface area contributed by atoms with Crippen molar-refractivity contribution in [1.29, 1.82) is 0 Å². The standard InChI is InChI=1S/C14H20F3NO3/c1-8(13(20)21)18(11-5-6-11)12(19)9-3-2-4-10(7-9)14(15,16)17/h8-11H,2-7H2,1H3,(H,20,21). The Morgan fingerprint density at radius 1 is 1.19 bits per heavy atom. The maximum Gasteiger partial charge on any atom is 0.391 e. The Kier molecular flexibility index (Phi) is 4.49. The normalized spacial score (nSPS) is 28.0. The molecule has 0 aromatic rings. The minimum absolute atomic E-state index is 0.0607. The van der Waals surface area contributed by atoms with Gasteiger partial charge in [0.15, 0.2) is 0 Å². The van der Waals surface area contributed by atoms with E-state index in [9.17, 15) is 22.8 Å². The molecule has 2 aliphatic carbocycles. The highest BCUT2D eigenvalue weighted by atomic mass is 19.4. The molecule has 2 aliphatic rings. The second-order valence-electron chi connectivity index (χ2n) is 6.09. The zero-order valence-electron chi connectivity index (χ0n) is 11.9. The van der Waals surface area contributed by atoms with Crippen LogP contribution in [0.4, 0.5) is 13.2 Å². The number of carboxylic acids is 1. The van der Waals surface area contributed by atoms with E-state index in [1.165, 1.54) is 11.8 Å². The molecule has 2 saturated carbocycles. The molecule has 0 aromatic heterocycles. The first-order chi connectivity index (χ1) is 9.71. The highest BCUT2D eigenvalue weighted by Crippen LogP contribution is 2.41. The number of hydrogen-bond donors (Lipinski definition) is 1. The van der Waals surface area contributed by atoms with E-state index in [1.807, 2.05) is 0 Å². The minimum atomic E-state index is -4.28. The van der Waals surface area contributed by atoms with E-state index < -0.39 is 35.9 Å². The van der Waals surface area contributed by atoms with Crippen molar-refractivity contribution < 1.29 is 27.9 Å². The Morgan fingerprint density at radius 2 is 1.81 bits per heavy atom. The molecule has 3 atom stereocenters. The zero-order chi connectivity index (χ0) is 15.8. The molecule has 0 saturated heterocycles. The third-order valence-electron chi connectivity index (χ3n) is 4.46. The lowest BCUT2D eigenvalue weighted by Gasteiger charge is -2.35. The Balaban J connectivity index is 2.08. The molecule has 7 heteroatoms. The predicted molar refractivity (Wildman–Crippen MR) is 68.5 cm³/mol. The minimum Gasteiger partial charge on any atom is -0.480 e. The summed E-state index contributed by atoms with van der Waals surface area (Å²) in [5.74, 6) is -3.67. The van der Waals surface area contributed by atoms with Crippen LogP contribution in [0, 0.1) is 11.8 Å². The average Bonchev–Trinajstić information content (AvgIpc) is 3.22. The van der Waals surface area contributed by atoms with Gasteiger partial charge >= 0.3 is 12.1 Å². The van der Waals surface area contributed by atoms with Crippen LogP contribution in [0.25, 0.3) is 0 Å². The number of halogens is 3. The van der Waals surface area contributed by atoms with Crippen LogP contribution in [0.15, 0.2) is 0 Å². The van der Waals surface area contributed by atoms with Crippen molar-refractivity contribution in [3.05, 3.63) is 0 Å². The van der Waals surface area contributed by atoms with Crippen LogP contribution in [-0.4, -0.2) is 40.1 Å². The van der Waals surface area contributed by atoms with E-state index in [-0.39, 0.29) is 18.9 Å². The number of hydrogen-bond acceptors (Lipinski definition) is 2. The van der Waals surface area contributed by atoms with E-state index in [4.69, 9.17) is 5.11 Å². The fraction of sp³-hybridized carbons (Fsp3) is 0.857. The lowest BCUT2D eigenvalue weighted by Crippen LogP contribution is -2.48. The second kappa shape index (κ2) is 5.85. The van der Waals surface area contributed by atoms with Crippen molar-refractivity contribution in [3.63, 3.8) is 0 Å². The summed E-state index contributed by atoms with van der Waals surface area (Å²) in [6.45, 7) is 1.42. The van der Waals surface area contributed by atoms with E-state index in [2.05, 4.69) is 0 Å². The number of nitrogens with zero attached hydrogens (tertiary/aromatic N) is 1. The van der Waals surface area contributed by atoms with Crippen molar-refractivity contribution in [3.8, 4) is 0 Å². The molecule has 0 bridgehead atoms. The summed E-state index contributed by atoms with van der Waals surface area (Å²) in [5, 5.41) is 9.08. The summed E-state index contributed by atoms with van der Waals surface area (Å²) in [5.41, 5.74) is 0. The number of amides is 1. The zero-order valence-corrected chi connectivity index (χ0v) is 11.9. The van der Waals surface area contributed by atoms with Crippen LogP contribution in [0.3, 0.4) is 0 Å². The first-order valence-corrected chi connectivity index (χ1v) is 7.33. The summed E-state index contributed by atoms with van der Waals surface area (Å²) in [7, 11) is 0. The molecule has 0 radical (unpaired) electrons. The third-order valence-corrected chi connectivity index (χ3v) is 4.46. The Morgan fingerprint density at radius 3 is 2.29 bits per heavy atom. The maximum absolute atomic E-state index is 12.8. The summed E-state index contributed by atoms with van der Waals surface area (Å²) < 4.78 is 38.5. The monoisotopic (exact) mass is 307 g/mol. The Labute approximate surface area is 121 Å². The first-order valence-electron chi connectivity index (χ1n) is 7.33. The molecule has 0 aliphatic heterocycles. The summed E-state index contributed by atoms with van der Waals surface area (Å²) >= 11 is 0. The van der Waals surface area contributed by atoms with Crippen LogP contribution >= 0.6 is 0 Å². The molecule has 1 amide bonds. The molecule has 3 unspecified atom stereocenters. The van der Waals surface area contributed by atoms with Gasteiger partial charge in [-0.1, -0.05) is 6.42 Å². The Hall–Kier alpha value is -1.27. The summed E-state index contributed by atoms with van der Waals surface area (Å²) in [4.78, 5) is 24.9. The van der Waals surface area contributed by atoms with Crippen LogP contribution in [0.2, 0.25) is 0 Å². The lowest BCUT2D eigenvalue weighted by atomic mass is 9.80. The molecule has 0 spiro atoms. The lowest BCUT2D eigenvalue weighted by molar-refractivity contribution is -0.188. The SMILES string of the molecule is CC(C(=O)O)N(C(=O)C1CCCC(C(F)(F)F)C1)C1CC1. The predicted octanol–water partition coefficient (Wildman–Crippen LogP) is 2.82. The number of carbonyl (C=O) groups excluding carboxylic acids is 1. The molecule has 21 heavy (non-hydrogen) atoms. The van der Waals surface area contributed by atoms with Crippen LogP contribution < -0.4 is 0 Å². The van der Waals surface area contributed by atoms with Crippen LogP contribution in [0.1, 0.15) is 45.4 Å². The average molecular weight is 307 g/mol. The van der Waals surface area contributed by atoms with Crippen LogP contribution in [-0.2, 0) is 9.59 Å². The number of alkyl halides is 3. The molecule has 2 fully saturated rings. The van der Waals surface area contributed by atoms with Crippen molar-refractivity contribution in [2.45, 2.75) is 63.7 Å². The molecule has 4 nitrogen and oxygen atoms in total. The van der Waals surface area contributed by atoms with Gasteiger partial charge in [-0.15, -0.1) is 0 Å². The van der Waals surface area contributed by atoms with E-state index in [0.717, 1.165) is 12.8 Å². The molecule has 2 rings (SSSR count). The topological polar surface area (TPSA) is 57.6 Å². The van der Waals surface area contributed by atoms with Gasteiger partial charge < -0.3 is 10.0 Å². The van der Waals surface area contributed by atoms with E-state index in [0.29, 0.717) is 12.8 Å². The molecule has 0 heterocycles. The van der Waals surface area contributed by atoms with Crippen molar-refractivity contribution >= 4 is 11.9 Å². The van der Waals surface area contributed by atoms with Crippen molar-refractivity contribution in [2.24, 2.45) is 11.8 Å². The van der Waals surface area contributed by atoms with Gasteiger partial charge in [0, 0.05) is 12.0 Å². The Bertz CT molecular complexity index is 420. The molecular formula is C14H20F3NO3. The largest absolute Gasteiger partial charge is 0.480 e. The summed E-state index contributed by atoms with van der Waals surface area (Å²) in [6.07, 6.45) is -2.18. The number of rotatable bonds is 4. The van der Waals surface area contributed by atoms with Gasteiger partial charge in [0.1, 0.15) is 6.04 Å². The molecule has 0 aromatic carbocycles.